The van der Waals surface area contributed by atoms with E-state index in [1.165, 1.54) is 33.3 Å². The second kappa shape index (κ2) is 18.5. The zero-order valence-corrected chi connectivity index (χ0v) is 34.6. The van der Waals surface area contributed by atoms with Crippen LogP contribution in [0.4, 0.5) is 5.69 Å². The molecule has 0 saturated heterocycles. The Bertz CT molecular complexity index is 2170. The summed E-state index contributed by atoms with van der Waals surface area (Å²) in [6.07, 6.45) is 14.0. The molecule has 2 amide bonds. The molecule has 3 aromatic carbocycles. The van der Waals surface area contributed by atoms with Crippen LogP contribution < -0.4 is 30.1 Å². The summed E-state index contributed by atoms with van der Waals surface area (Å²) in [5, 5.41) is 14.1. The van der Waals surface area contributed by atoms with E-state index in [2.05, 4.69) is 39.1 Å². The third-order valence-corrected chi connectivity index (χ3v) is 12.9. The van der Waals surface area contributed by atoms with Crippen molar-refractivity contribution in [2.45, 2.75) is 96.3 Å². The number of hydrogen-bond acceptors (Lipinski definition) is 7. The highest BCUT2D eigenvalue weighted by atomic mass is 31.1. The number of anilines is 1. The number of hydrogen-bond donors (Lipinski definition) is 1. The zero-order chi connectivity index (χ0) is 39.1. The normalized spacial score (nSPS) is 16.3. The van der Waals surface area contributed by atoms with Gasteiger partial charge in [-0.25, -0.2) is 4.58 Å². The highest BCUT2D eigenvalue weighted by molar-refractivity contribution is 7.26. The summed E-state index contributed by atoms with van der Waals surface area (Å²) in [7, 11) is 1.85. The molecule has 0 fully saturated rings. The second-order valence-electron chi connectivity index (χ2n) is 16.2. The highest BCUT2D eigenvalue weighted by Crippen LogP contribution is 2.48. The predicted octanol–water partition coefficient (Wildman–Crippen LogP) is 6.11. The summed E-state index contributed by atoms with van der Waals surface area (Å²) in [4.78, 5) is 31.5. The molecule has 3 aromatic rings. The number of ether oxygens (including phenoxy) is 1. The first-order valence-electron chi connectivity index (χ1n) is 21.4. The fourth-order valence-electron chi connectivity index (χ4n) is 9.67. The van der Waals surface area contributed by atoms with E-state index in [9.17, 15) is 9.59 Å². The molecule has 0 bridgehead atoms. The quantitative estimate of drug-likeness (QED) is 0.0783. The van der Waals surface area contributed by atoms with Crippen molar-refractivity contribution in [3.8, 4) is 17.6 Å². The van der Waals surface area contributed by atoms with Crippen molar-refractivity contribution in [1.29, 1.82) is 5.26 Å². The summed E-state index contributed by atoms with van der Waals surface area (Å²) in [5.41, 5.74) is 10.8. The van der Waals surface area contributed by atoms with Gasteiger partial charge in [-0.3, -0.25) is 9.59 Å². The van der Waals surface area contributed by atoms with Crippen LogP contribution in [-0.4, -0.2) is 76.2 Å². The van der Waals surface area contributed by atoms with Gasteiger partial charge in [0.2, 0.25) is 11.3 Å². The Morgan fingerprint density at radius 1 is 0.895 bits per heavy atom. The smallest absolute Gasteiger partial charge is 0.254 e. The van der Waals surface area contributed by atoms with Gasteiger partial charge >= 0.3 is 0 Å². The van der Waals surface area contributed by atoms with E-state index in [4.69, 9.17) is 19.0 Å². The van der Waals surface area contributed by atoms with Crippen molar-refractivity contribution in [2.75, 3.05) is 64.4 Å². The van der Waals surface area contributed by atoms with Crippen LogP contribution in [0.5, 0.6) is 11.5 Å². The van der Waals surface area contributed by atoms with Crippen molar-refractivity contribution in [1.82, 2.24) is 14.8 Å². The lowest BCUT2D eigenvalue weighted by Gasteiger charge is -2.39. The largest absolute Gasteiger partial charge is 0.455 e. The molecule has 5 aliphatic heterocycles. The van der Waals surface area contributed by atoms with E-state index in [-0.39, 0.29) is 20.8 Å². The summed E-state index contributed by atoms with van der Waals surface area (Å²) >= 11 is 0. The molecule has 1 atom stereocenters. The average molecular weight is 791 g/mol. The van der Waals surface area contributed by atoms with Crippen LogP contribution in [0, 0.1) is 11.3 Å². The molecule has 10 nitrogen and oxygen atoms in total. The van der Waals surface area contributed by atoms with E-state index >= 15 is 0 Å². The predicted molar refractivity (Wildman–Crippen MR) is 225 cm³/mol. The van der Waals surface area contributed by atoms with Crippen LogP contribution in [-0.2, 0) is 39.5 Å². The Hall–Kier alpha value is -4.29. The van der Waals surface area contributed by atoms with Gasteiger partial charge in [0.25, 0.3) is 5.91 Å². The maximum Gasteiger partial charge on any atom is 0.254 e. The van der Waals surface area contributed by atoms with Crippen LogP contribution in [0.15, 0.2) is 36.4 Å². The fraction of sp³-hybridized carbons (Fsp3) is 0.522. The zero-order valence-electron chi connectivity index (χ0n) is 33.6. The standard InChI is InChI=1S/C46H56N5O5P/c1-49(23-12-20-40(52)48-22-6-2-3-7-28-54-57-55-29-13-21-47)46(53)35-17-5-4-16-34(35)41-38-30-32-14-8-24-50-26-10-18-36(42(32)50)44(38)56-45-37-19-11-27-51-25-9-15-33(43(37)51)31-39(41)45/h4-5,16-17,30-31,57H,2-3,6-15,18-20,22-29H2,1H3/p+1. The van der Waals surface area contributed by atoms with Crippen LogP contribution in [0.25, 0.3) is 5.57 Å². The van der Waals surface area contributed by atoms with Crippen molar-refractivity contribution in [3.63, 3.8) is 0 Å². The average Bonchev–Trinajstić information content (AvgIpc) is 3.23. The molecule has 0 spiro atoms. The molecule has 5 aliphatic rings. The topological polar surface area (TPSA) is 107 Å². The highest BCUT2D eigenvalue weighted by Gasteiger charge is 2.36. The van der Waals surface area contributed by atoms with Crippen molar-refractivity contribution in [3.05, 3.63) is 85.9 Å². The molecule has 1 N–H and O–H groups in total. The van der Waals surface area contributed by atoms with Crippen LogP contribution in [0.1, 0.15) is 114 Å². The van der Waals surface area contributed by atoms with Gasteiger partial charge in [-0.1, -0.05) is 31.0 Å². The number of amides is 2. The Kier molecular flexibility index (Phi) is 12.9. The fourth-order valence-corrected chi connectivity index (χ4v) is 10.2. The number of benzene rings is 3. The molecule has 0 aliphatic carbocycles. The Labute approximate surface area is 338 Å². The number of unbranched alkanes of at least 4 members (excludes halogenated alkanes) is 3. The van der Waals surface area contributed by atoms with Crippen LogP contribution in [0.2, 0.25) is 0 Å². The number of nitriles is 1. The molecular formula is C46H57N5O5P+. The number of fused-ring (bicyclic) bond motifs is 4. The second-order valence-corrected chi connectivity index (χ2v) is 16.9. The molecule has 300 valence electrons. The van der Waals surface area contributed by atoms with Gasteiger partial charge in [-0.05, 0) is 87.1 Å². The van der Waals surface area contributed by atoms with E-state index in [0.29, 0.717) is 51.1 Å². The minimum absolute atomic E-state index is 0.0133. The number of nitrogens with one attached hydrogen (secondary N) is 1. The Morgan fingerprint density at radius 2 is 1.67 bits per heavy atom. The lowest BCUT2D eigenvalue weighted by Crippen LogP contribution is -2.45. The van der Waals surface area contributed by atoms with Gasteiger partial charge in [-0.15, -0.1) is 0 Å². The third kappa shape index (κ3) is 8.49. The number of carbonyl (C=O) groups excluding carboxylic acids is 2. The lowest BCUT2D eigenvalue weighted by molar-refractivity contribution is -0.121. The minimum atomic E-state index is -0.0257. The number of rotatable bonds is 17. The van der Waals surface area contributed by atoms with Crippen LogP contribution >= 0.6 is 9.03 Å². The Morgan fingerprint density at radius 3 is 2.54 bits per heavy atom. The molecule has 5 heterocycles. The van der Waals surface area contributed by atoms with E-state index < -0.39 is 0 Å². The molecule has 0 radical (unpaired) electrons. The number of aryl methyl sites for hydroxylation is 2. The first-order chi connectivity index (χ1) is 28.0. The minimum Gasteiger partial charge on any atom is -0.455 e. The molecule has 11 heteroatoms. The van der Waals surface area contributed by atoms with Gasteiger partial charge in [0, 0.05) is 91.2 Å². The van der Waals surface area contributed by atoms with Gasteiger partial charge in [-0.2, -0.15) is 5.26 Å². The third-order valence-electron chi connectivity index (χ3n) is 12.3. The van der Waals surface area contributed by atoms with Crippen molar-refractivity contribution >= 4 is 32.1 Å². The van der Waals surface area contributed by atoms with E-state index in [1.54, 1.807) is 4.90 Å². The monoisotopic (exact) mass is 790 g/mol. The van der Waals surface area contributed by atoms with Gasteiger partial charge < -0.3 is 28.9 Å². The van der Waals surface area contributed by atoms with E-state index in [0.717, 1.165) is 137 Å². The summed E-state index contributed by atoms with van der Waals surface area (Å²) in [5.74, 6) is 2.00. The summed E-state index contributed by atoms with van der Waals surface area (Å²) < 4.78 is 20.5. The van der Waals surface area contributed by atoms with Crippen molar-refractivity contribution in [2.24, 2.45) is 0 Å². The maximum absolute atomic E-state index is 14.5. The molecule has 8 rings (SSSR count). The lowest BCUT2D eigenvalue weighted by atomic mass is 9.81. The Balaban J connectivity index is 0.988. The van der Waals surface area contributed by atoms with E-state index in [1.807, 2.05) is 25.2 Å². The molecule has 57 heavy (non-hydrogen) atoms. The maximum atomic E-state index is 14.5. The van der Waals surface area contributed by atoms with Gasteiger partial charge in [0.1, 0.15) is 24.6 Å². The molecule has 0 saturated carbocycles. The molecule has 0 aromatic heterocycles. The first-order valence-corrected chi connectivity index (χ1v) is 22.2. The van der Waals surface area contributed by atoms with Gasteiger partial charge in [0.15, 0.2) is 9.03 Å². The summed E-state index contributed by atoms with van der Waals surface area (Å²) in [6.45, 7) is 6.61. The SMILES string of the molecule is CN(CCCC(=O)NCCCCCCOPOCCC#N)C(=O)c1ccccc1C1=c2cc3c4c(c2Oc2c1cc1c5c2CCCN5CCC1)CCC[N+]=4CCC3. The number of carbonyl (C=O) groups is 2. The molecule has 1 unspecified atom stereocenters. The van der Waals surface area contributed by atoms with Crippen molar-refractivity contribution < 1.29 is 23.4 Å². The number of nitrogens with zero attached hydrogens (tertiary/aromatic N) is 4. The van der Waals surface area contributed by atoms with Gasteiger partial charge in [0.05, 0.1) is 31.3 Å². The first kappa shape index (κ1) is 39.5. The van der Waals surface area contributed by atoms with Crippen LogP contribution in [0.3, 0.4) is 0 Å². The molecular weight excluding hydrogens is 734 g/mol. The summed E-state index contributed by atoms with van der Waals surface area (Å²) in [6, 6.07) is 15.0.